The molecule has 0 amide bonds. The lowest BCUT2D eigenvalue weighted by Gasteiger charge is -2.01. The topological polar surface area (TPSA) is 64.3 Å². The molecule has 0 saturated carbocycles. The Balaban J connectivity index is 2.12. The molecule has 0 radical (unpaired) electrons. The fourth-order valence-electron chi connectivity index (χ4n) is 1.94. The highest BCUT2D eigenvalue weighted by Crippen LogP contribution is 2.24. The lowest BCUT2D eigenvalue weighted by Crippen LogP contribution is -1.96. The molecule has 1 aromatic carbocycles. The maximum Gasteiger partial charge on any atom is 0.175 e. The summed E-state index contributed by atoms with van der Waals surface area (Å²) in [5.74, 6) is 0. The van der Waals surface area contributed by atoms with Gasteiger partial charge in [-0.2, -0.15) is 14.8 Å². The predicted molar refractivity (Wildman–Crippen MR) is 71.5 cm³/mol. The lowest BCUT2D eigenvalue weighted by atomic mass is 10.1. The monoisotopic (exact) mass is 273 g/mol. The third-order valence-corrected chi connectivity index (χ3v) is 4.03. The van der Waals surface area contributed by atoms with E-state index >= 15 is 0 Å². The van der Waals surface area contributed by atoms with Gasteiger partial charge < -0.3 is 0 Å². The lowest BCUT2D eigenvalue weighted by molar-refractivity contribution is 0.602. The van der Waals surface area contributed by atoms with Crippen molar-refractivity contribution in [1.29, 1.82) is 0 Å². The number of hydrogen-bond acceptors (Lipinski definition) is 4. The van der Waals surface area contributed by atoms with Crippen LogP contribution in [0.2, 0.25) is 0 Å². The highest BCUT2D eigenvalue weighted by atomic mass is 32.2. The van der Waals surface area contributed by atoms with Crippen LogP contribution in [0, 0.1) is 0 Å². The Labute approximate surface area is 110 Å². The SMILES string of the molecule is CS(=O)(=O)c1ccc(-c2cnn3ncccc23)cc1. The first-order valence-electron chi connectivity index (χ1n) is 5.65. The van der Waals surface area contributed by atoms with Crippen molar-refractivity contribution in [3.63, 3.8) is 0 Å². The summed E-state index contributed by atoms with van der Waals surface area (Å²) in [6.07, 6.45) is 4.58. The first-order valence-corrected chi connectivity index (χ1v) is 7.54. The summed E-state index contributed by atoms with van der Waals surface area (Å²) >= 11 is 0. The zero-order valence-electron chi connectivity index (χ0n) is 10.2. The zero-order valence-corrected chi connectivity index (χ0v) is 11.0. The second-order valence-corrected chi connectivity index (χ2v) is 6.27. The van der Waals surface area contributed by atoms with E-state index < -0.39 is 9.84 Å². The van der Waals surface area contributed by atoms with Crippen molar-refractivity contribution < 1.29 is 8.42 Å². The minimum atomic E-state index is -3.16. The third-order valence-electron chi connectivity index (χ3n) is 2.90. The average molecular weight is 273 g/mol. The summed E-state index contributed by atoms with van der Waals surface area (Å²) in [5.41, 5.74) is 2.72. The number of aromatic nitrogens is 3. The van der Waals surface area contributed by atoms with E-state index in [0.29, 0.717) is 4.90 Å². The van der Waals surface area contributed by atoms with Crippen LogP contribution in [-0.4, -0.2) is 29.5 Å². The average Bonchev–Trinajstić information content (AvgIpc) is 2.82. The highest BCUT2D eigenvalue weighted by molar-refractivity contribution is 7.90. The Bertz CT molecular complexity index is 836. The molecular weight excluding hydrogens is 262 g/mol. The fraction of sp³-hybridized carbons (Fsp3) is 0.0769. The van der Waals surface area contributed by atoms with Crippen LogP contribution in [0.1, 0.15) is 0 Å². The van der Waals surface area contributed by atoms with E-state index in [0.717, 1.165) is 16.6 Å². The van der Waals surface area contributed by atoms with Gasteiger partial charge in [0, 0.05) is 18.0 Å². The number of nitrogens with zero attached hydrogens (tertiary/aromatic N) is 3. The number of hydrogen-bond donors (Lipinski definition) is 0. The summed E-state index contributed by atoms with van der Waals surface area (Å²) in [5, 5.41) is 8.25. The van der Waals surface area contributed by atoms with Crippen LogP contribution in [-0.2, 0) is 9.84 Å². The molecule has 0 saturated heterocycles. The maximum atomic E-state index is 11.4. The first kappa shape index (κ1) is 11.9. The van der Waals surface area contributed by atoms with Crippen molar-refractivity contribution in [1.82, 2.24) is 14.8 Å². The van der Waals surface area contributed by atoms with Crippen LogP contribution in [0.15, 0.2) is 53.7 Å². The highest BCUT2D eigenvalue weighted by Gasteiger charge is 2.09. The van der Waals surface area contributed by atoms with Crippen LogP contribution in [0.3, 0.4) is 0 Å². The Morgan fingerprint density at radius 2 is 1.79 bits per heavy atom. The van der Waals surface area contributed by atoms with Gasteiger partial charge in [0.15, 0.2) is 9.84 Å². The summed E-state index contributed by atoms with van der Waals surface area (Å²) in [7, 11) is -3.16. The third kappa shape index (κ3) is 2.10. The van der Waals surface area contributed by atoms with Crippen molar-refractivity contribution in [2.75, 3.05) is 6.26 Å². The van der Waals surface area contributed by atoms with Gasteiger partial charge in [-0.05, 0) is 29.8 Å². The van der Waals surface area contributed by atoms with Crippen molar-refractivity contribution in [3.05, 3.63) is 48.8 Å². The standard InChI is InChI=1S/C13H11N3O2S/c1-19(17,18)11-6-4-10(5-7-11)12-9-15-16-13(12)3-2-8-14-16/h2-9H,1H3. The van der Waals surface area contributed by atoms with E-state index in [-0.39, 0.29) is 0 Å². The Morgan fingerprint density at radius 1 is 1.05 bits per heavy atom. The fourth-order valence-corrected chi connectivity index (χ4v) is 2.57. The molecule has 0 fully saturated rings. The van der Waals surface area contributed by atoms with E-state index in [4.69, 9.17) is 0 Å². The molecule has 3 aromatic rings. The number of fused-ring (bicyclic) bond motifs is 1. The van der Waals surface area contributed by atoms with Crippen molar-refractivity contribution in [3.8, 4) is 11.1 Å². The van der Waals surface area contributed by atoms with Gasteiger partial charge in [0.1, 0.15) is 0 Å². The van der Waals surface area contributed by atoms with Gasteiger partial charge in [-0.3, -0.25) is 0 Å². The summed E-state index contributed by atoms with van der Waals surface area (Å²) < 4.78 is 24.4. The Morgan fingerprint density at radius 3 is 2.47 bits per heavy atom. The molecular formula is C13H11N3O2S. The molecule has 0 N–H and O–H groups in total. The second kappa shape index (κ2) is 4.17. The van der Waals surface area contributed by atoms with E-state index in [1.165, 1.54) is 6.26 Å². The Hall–Kier alpha value is -2.21. The molecule has 0 bridgehead atoms. The molecule has 96 valence electrons. The summed E-state index contributed by atoms with van der Waals surface area (Å²) in [4.78, 5) is 0.311. The number of benzene rings is 1. The molecule has 19 heavy (non-hydrogen) atoms. The molecule has 5 nitrogen and oxygen atoms in total. The minimum Gasteiger partial charge on any atom is -0.224 e. The first-order chi connectivity index (χ1) is 9.05. The smallest absolute Gasteiger partial charge is 0.175 e. The van der Waals surface area contributed by atoms with Gasteiger partial charge in [-0.1, -0.05) is 12.1 Å². The minimum absolute atomic E-state index is 0.311. The molecule has 2 heterocycles. The molecule has 0 atom stereocenters. The van der Waals surface area contributed by atoms with Crippen molar-refractivity contribution >= 4 is 15.4 Å². The van der Waals surface area contributed by atoms with E-state index in [1.54, 1.807) is 41.3 Å². The number of sulfone groups is 1. The largest absolute Gasteiger partial charge is 0.224 e. The molecule has 0 aliphatic rings. The summed E-state index contributed by atoms with van der Waals surface area (Å²) in [6, 6.07) is 10.5. The van der Waals surface area contributed by atoms with Gasteiger partial charge >= 0.3 is 0 Å². The summed E-state index contributed by atoms with van der Waals surface area (Å²) in [6.45, 7) is 0. The van der Waals surface area contributed by atoms with Gasteiger partial charge in [0.25, 0.3) is 0 Å². The zero-order chi connectivity index (χ0) is 13.5. The van der Waals surface area contributed by atoms with Crippen LogP contribution in [0.25, 0.3) is 16.6 Å². The molecule has 0 aliphatic heterocycles. The normalized spacial score (nSPS) is 11.8. The van der Waals surface area contributed by atoms with Crippen LogP contribution in [0.4, 0.5) is 0 Å². The van der Waals surface area contributed by atoms with Crippen molar-refractivity contribution in [2.24, 2.45) is 0 Å². The van der Waals surface area contributed by atoms with Crippen LogP contribution < -0.4 is 0 Å². The molecule has 2 aromatic heterocycles. The quantitative estimate of drug-likeness (QED) is 0.714. The molecule has 0 aliphatic carbocycles. The number of rotatable bonds is 2. The Kier molecular flexibility index (Phi) is 2.60. The predicted octanol–water partition coefficient (Wildman–Crippen LogP) is 1.80. The van der Waals surface area contributed by atoms with E-state index in [9.17, 15) is 8.42 Å². The van der Waals surface area contributed by atoms with Gasteiger partial charge in [0.2, 0.25) is 0 Å². The molecule has 6 heteroatoms. The van der Waals surface area contributed by atoms with Gasteiger partial charge in [-0.15, -0.1) is 0 Å². The maximum absolute atomic E-state index is 11.4. The molecule has 3 rings (SSSR count). The van der Waals surface area contributed by atoms with Gasteiger partial charge in [-0.25, -0.2) is 8.42 Å². The molecule has 0 unspecified atom stereocenters. The molecule has 0 spiro atoms. The van der Waals surface area contributed by atoms with E-state index in [2.05, 4.69) is 10.2 Å². The van der Waals surface area contributed by atoms with Crippen LogP contribution >= 0.6 is 0 Å². The van der Waals surface area contributed by atoms with Crippen LogP contribution in [0.5, 0.6) is 0 Å². The second-order valence-electron chi connectivity index (χ2n) is 4.25. The van der Waals surface area contributed by atoms with Crippen molar-refractivity contribution in [2.45, 2.75) is 4.90 Å². The van der Waals surface area contributed by atoms with E-state index in [1.807, 2.05) is 12.1 Å². The van der Waals surface area contributed by atoms with Gasteiger partial charge in [0.05, 0.1) is 16.6 Å².